The Bertz CT molecular complexity index is 789. The quantitative estimate of drug-likeness (QED) is 0.786. The molecule has 0 aromatic heterocycles. The fourth-order valence-electron chi connectivity index (χ4n) is 4.05. The van der Waals surface area contributed by atoms with Gasteiger partial charge < -0.3 is 4.90 Å². The maximum atomic E-state index is 12.6. The first kappa shape index (κ1) is 16.1. The van der Waals surface area contributed by atoms with Gasteiger partial charge in [-0.05, 0) is 55.4 Å². The van der Waals surface area contributed by atoms with Crippen LogP contribution in [0.2, 0.25) is 0 Å². The lowest BCUT2D eigenvalue weighted by molar-refractivity contribution is 0.100. The Morgan fingerprint density at radius 1 is 0.960 bits per heavy atom. The van der Waals surface area contributed by atoms with E-state index in [2.05, 4.69) is 41.1 Å². The summed E-state index contributed by atoms with van der Waals surface area (Å²) in [5.41, 5.74) is 3.17. The highest BCUT2D eigenvalue weighted by Gasteiger charge is 2.33. The summed E-state index contributed by atoms with van der Waals surface area (Å²) in [5, 5.41) is 0. The normalized spacial score (nSPS) is 24.4. The summed E-state index contributed by atoms with van der Waals surface area (Å²) in [5.74, 6) is 1.58. The molecule has 25 heavy (non-hydrogen) atoms. The summed E-state index contributed by atoms with van der Waals surface area (Å²) >= 11 is 0. The van der Waals surface area contributed by atoms with Gasteiger partial charge in [-0.15, -0.1) is 0 Å². The van der Waals surface area contributed by atoms with Crippen molar-refractivity contribution < 1.29 is 4.79 Å². The van der Waals surface area contributed by atoms with E-state index in [1.54, 1.807) is 0 Å². The van der Waals surface area contributed by atoms with Gasteiger partial charge in [-0.3, -0.25) is 4.79 Å². The summed E-state index contributed by atoms with van der Waals surface area (Å²) in [6.45, 7) is 2.34. The minimum absolute atomic E-state index is 0.141. The van der Waals surface area contributed by atoms with Crippen LogP contribution in [0.25, 0.3) is 0 Å². The van der Waals surface area contributed by atoms with Crippen molar-refractivity contribution in [3.8, 4) is 0 Å². The van der Waals surface area contributed by atoms with Gasteiger partial charge in [0.1, 0.15) is 5.84 Å². The van der Waals surface area contributed by atoms with Crippen molar-refractivity contribution in [2.75, 3.05) is 4.90 Å². The second-order valence-electron chi connectivity index (χ2n) is 7.29. The lowest BCUT2D eigenvalue weighted by Crippen LogP contribution is -2.40. The molecule has 0 spiro atoms. The van der Waals surface area contributed by atoms with Crippen LogP contribution in [-0.4, -0.2) is 17.8 Å². The van der Waals surface area contributed by atoms with Crippen LogP contribution in [0.3, 0.4) is 0 Å². The number of anilines is 1. The van der Waals surface area contributed by atoms with Gasteiger partial charge in [0.25, 0.3) is 5.91 Å². The zero-order valence-corrected chi connectivity index (χ0v) is 14.7. The molecule has 4 rings (SSSR count). The zero-order valence-electron chi connectivity index (χ0n) is 14.7. The van der Waals surface area contributed by atoms with Gasteiger partial charge in [0.2, 0.25) is 0 Å². The molecule has 0 unspecified atom stereocenters. The smallest absolute Gasteiger partial charge is 0.278 e. The lowest BCUT2D eigenvalue weighted by atomic mass is 9.86. The average Bonchev–Trinajstić information content (AvgIpc) is 3.01. The van der Waals surface area contributed by atoms with Crippen molar-refractivity contribution in [3.63, 3.8) is 0 Å². The van der Waals surface area contributed by atoms with Crippen LogP contribution < -0.4 is 4.90 Å². The van der Waals surface area contributed by atoms with Gasteiger partial charge in [0.15, 0.2) is 0 Å². The maximum absolute atomic E-state index is 12.6. The summed E-state index contributed by atoms with van der Waals surface area (Å²) in [7, 11) is 0. The average molecular weight is 332 g/mol. The van der Waals surface area contributed by atoms with Crippen LogP contribution in [0.15, 0.2) is 59.6 Å². The summed E-state index contributed by atoms with van der Waals surface area (Å²) in [6, 6.07) is 18.3. The van der Waals surface area contributed by atoms with E-state index in [9.17, 15) is 4.79 Å². The monoisotopic (exact) mass is 332 g/mol. The van der Waals surface area contributed by atoms with E-state index in [1.165, 1.54) is 36.9 Å². The molecule has 1 aliphatic carbocycles. The van der Waals surface area contributed by atoms with E-state index in [0.717, 1.165) is 18.2 Å². The predicted molar refractivity (Wildman–Crippen MR) is 102 cm³/mol. The second-order valence-corrected chi connectivity index (χ2v) is 7.29. The van der Waals surface area contributed by atoms with E-state index in [-0.39, 0.29) is 5.91 Å². The Hall–Kier alpha value is -2.42. The first-order valence-electron chi connectivity index (χ1n) is 9.26. The third-order valence-electron chi connectivity index (χ3n) is 5.48. The van der Waals surface area contributed by atoms with Gasteiger partial charge in [-0.2, -0.15) is 4.99 Å². The molecule has 1 amide bonds. The summed E-state index contributed by atoms with van der Waals surface area (Å²) in [6.07, 6.45) is 5.61. The summed E-state index contributed by atoms with van der Waals surface area (Å²) < 4.78 is 0. The first-order chi connectivity index (χ1) is 12.2. The fourth-order valence-corrected chi connectivity index (χ4v) is 4.05. The van der Waals surface area contributed by atoms with E-state index >= 15 is 0 Å². The van der Waals surface area contributed by atoms with Gasteiger partial charge >= 0.3 is 0 Å². The SMILES string of the molecule is CC1CCC(N2C(=NC(=O)c3ccccc3)Cc3ccccc32)CC1. The maximum Gasteiger partial charge on any atom is 0.278 e. The topological polar surface area (TPSA) is 32.7 Å². The lowest BCUT2D eigenvalue weighted by Gasteiger charge is -2.35. The number of hydrogen-bond donors (Lipinski definition) is 0. The predicted octanol–water partition coefficient (Wildman–Crippen LogP) is 4.87. The number of rotatable bonds is 2. The van der Waals surface area contributed by atoms with Gasteiger partial charge in [0.05, 0.1) is 0 Å². The minimum atomic E-state index is -0.141. The molecule has 128 valence electrons. The van der Waals surface area contributed by atoms with E-state index < -0.39 is 0 Å². The molecule has 1 fully saturated rings. The third kappa shape index (κ3) is 3.23. The fraction of sp³-hybridized carbons (Fsp3) is 0.364. The number of nitrogens with zero attached hydrogens (tertiary/aromatic N) is 2. The number of amidine groups is 1. The van der Waals surface area contributed by atoms with Gasteiger partial charge in [-0.25, -0.2) is 0 Å². The molecular weight excluding hydrogens is 308 g/mol. The molecule has 0 radical (unpaired) electrons. The Kier molecular flexibility index (Phi) is 4.39. The number of carbonyl (C=O) groups excluding carboxylic acids is 1. The number of carbonyl (C=O) groups is 1. The van der Waals surface area contributed by atoms with E-state index in [4.69, 9.17) is 0 Å². The highest BCUT2D eigenvalue weighted by molar-refractivity contribution is 6.12. The molecule has 1 aliphatic heterocycles. The standard InChI is InChI=1S/C22H24N2O/c1-16-11-13-19(14-12-16)24-20-10-6-5-9-18(20)15-21(24)23-22(25)17-7-3-2-4-8-17/h2-10,16,19H,11-15H2,1H3. The highest BCUT2D eigenvalue weighted by Crippen LogP contribution is 2.36. The molecule has 1 heterocycles. The molecule has 0 atom stereocenters. The molecule has 0 bridgehead atoms. The van der Waals surface area contributed by atoms with Crippen molar-refractivity contribution >= 4 is 17.4 Å². The molecule has 0 saturated heterocycles. The molecule has 2 aliphatic rings. The van der Waals surface area contributed by atoms with E-state index in [1.807, 2.05) is 30.3 Å². The molecule has 0 N–H and O–H groups in total. The molecule has 3 heteroatoms. The Balaban J connectivity index is 1.66. The number of fused-ring (bicyclic) bond motifs is 1. The van der Waals surface area contributed by atoms with Crippen molar-refractivity contribution in [3.05, 3.63) is 65.7 Å². The summed E-state index contributed by atoms with van der Waals surface area (Å²) in [4.78, 5) is 19.5. The number of aliphatic imine (C=N–C) groups is 1. The van der Waals surface area contributed by atoms with Crippen LogP contribution in [0.1, 0.15) is 48.5 Å². The molecule has 2 aromatic carbocycles. The molecular formula is C22H24N2O. The first-order valence-corrected chi connectivity index (χ1v) is 9.26. The second kappa shape index (κ2) is 6.83. The van der Waals surface area contributed by atoms with Crippen LogP contribution in [0.5, 0.6) is 0 Å². The Morgan fingerprint density at radius 3 is 2.40 bits per heavy atom. The number of para-hydroxylation sites is 1. The number of benzene rings is 2. The van der Waals surface area contributed by atoms with Crippen molar-refractivity contribution in [1.82, 2.24) is 0 Å². The highest BCUT2D eigenvalue weighted by atomic mass is 16.1. The Labute approximate surface area is 149 Å². The molecule has 3 nitrogen and oxygen atoms in total. The van der Waals surface area contributed by atoms with E-state index in [0.29, 0.717) is 11.6 Å². The van der Waals surface area contributed by atoms with Crippen LogP contribution in [0, 0.1) is 5.92 Å². The Morgan fingerprint density at radius 2 is 1.64 bits per heavy atom. The minimum Gasteiger partial charge on any atom is -0.326 e. The number of hydrogen-bond acceptors (Lipinski definition) is 1. The van der Waals surface area contributed by atoms with Crippen molar-refractivity contribution in [2.24, 2.45) is 10.9 Å². The molecule has 2 aromatic rings. The van der Waals surface area contributed by atoms with Gasteiger partial charge in [0, 0.05) is 23.7 Å². The van der Waals surface area contributed by atoms with Crippen LogP contribution in [-0.2, 0) is 6.42 Å². The molecule has 1 saturated carbocycles. The van der Waals surface area contributed by atoms with Crippen molar-refractivity contribution in [1.29, 1.82) is 0 Å². The van der Waals surface area contributed by atoms with Crippen LogP contribution in [0.4, 0.5) is 5.69 Å². The zero-order chi connectivity index (χ0) is 17.2. The third-order valence-corrected chi connectivity index (χ3v) is 5.48. The van der Waals surface area contributed by atoms with Gasteiger partial charge in [-0.1, -0.05) is 43.3 Å². The van der Waals surface area contributed by atoms with Crippen molar-refractivity contribution in [2.45, 2.75) is 45.1 Å². The largest absolute Gasteiger partial charge is 0.326 e. The number of amides is 1. The van der Waals surface area contributed by atoms with Crippen LogP contribution >= 0.6 is 0 Å².